The van der Waals surface area contributed by atoms with Crippen LogP contribution in [0.15, 0.2) is 54.4 Å². The van der Waals surface area contributed by atoms with Crippen LogP contribution in [0.3, 0.4) is 0 Å². The van der Waals surface area contributed by atoms with Crippen molar-refractivity contribution in [3.63, 3.8) is 0 Å². The summed E-state index contributed by atoms with van der Waals surface area (Å²) in [4.78, 5) is 0. The number of ether oxygens (including phenoxy) is 1. The SMILES string of the molecule is CCCCCCCCc1ccc(COc2ccc(C=C(F)CCCCCCC)cc2)cc1. The molecule has 2 heteroatoms. The maximum absolute atomic E-state index is 14.1. The van der Waals surface area contributed by atoms with E-state index in [0.29, 0.717) is 13.0 Å². The fourth-order valence-corrected chi connectivity index (χ4v) is 3.89. The maximum Gasteiger partial charge on any atom is 0.119 e. The molecule has 0 radical (unpaired) electrons. The smallest absolute Gasteiger partial charge is 0.119 e. The zero-order valence-corrected chi connectivity index (χ0v) is 20.4. The lowest BCUT2D eigenvalue weighted by Gasteiger charge is -2.08. The maximum atomic E-state index is 14.1. The van der Waals surface area contributed by atoms with Gasteiger partial charge in [0.25, 0.3) is 0 Å². The summed E-state index contributed by atoms with van der Waals surface area (Å²) in [6.45, 7) is 5.01. The van der Waals surface area contributed by atoms with E-state index in [1.54, 1.807) is 6.08 Å². The van der Waals surface area contributed by atoms with E-state index in [0.717, 1.165) is 30.6 Å². The highest BCUT2D eigenvalue weighted by Crippen LogP contribution is 2.19. The Balaban J connectivity index is 1.68. The summed E-state index contributed by atoms with van der Waals surface area (Å²) in [7, 11) is 0. The second-order valence-corrected chi connectivity index (χ2v) is 8.95. The van der Waals surface area contributed by atoms with Gasteiger partial charge >= 0.3 is 0 Å². The third-order valence-electron chi connectivity index (χ3n) is 5.97. The monoisotopic (exact) mass is 438 g/mol. The van der Waals surface area contributed by atoms with Gasteiger partial charge in [-0.2, -0.15) is 0 Å². The summed E-state index contributed by atoms with van der Waals surface area (Å²) in [6, 6.07) is 16.5. The Morgan fingerprint density at radius 2 is 1.25 bits per heavy atom. The van der Waals surface area contributed by atoms with Gasteiger partial charge in [0.2, 0.25) is 0 Å². The summed E-state index contributed by atoms with van der Waals surface area (Å²) in [5, 5.41) is 0. The van der Waals surface area contributed by atoms with Gasteiger partial charge in [-0.1, -0.05) is 108 Å². The Kier molecular flexibility index (Phi) is 13.5. The number of unbranched alkanes of at least 4 members (excludes halogenated alkanes) is 9. The predicted octanol–water partition coefficient (Wildman–Crippen LogP) is 9.84. The molecule has 0 aliphatic heterocycles. The van der Waals surface area contributed by atoms with Gasteiger partial charge in [0, 0.05) is 0 Å². The molecule has 0 saturated carbocycles. The van der Waals surface area contributed by atoms with E-state index in [4.69, 9.17) is 4.74 Å². The Morgan fingerprint density at radius 3 is 1.91 bits per heavy atom. The van der Waals surface area contributed by atoms with Gasteiger partial charge in [0.05, 0.1) is 0 Å². The molecule has 2 rings (SSSR count). The van der Waals surface area contributed by atoms with Crippen molar-refractivity contribution in [3.8, 4) is 5.75 Å². The van der Waals surface area contributed by atoms with Crippen molar-refractivity contribution in [2.75, 3.05) is 0 Å². The second-order valence-electron chi connectivity index (χ2n) is 8.95. The van der Waals surface area contributed by atoms with Crippen LogP contribution in [0, 0.1) is 0 Å². The Bertz CT molecular complexity index is 745. The van der Waals surface area contributed by atoms with Crippen LogP contribution in [-0.2, 0) is 13.0 Å². The highest BCUT2D eigenvalue weighted by molar-refractivity contribution is 5.52. The van der Waals surface area contributed by atoms with Crippen molar-refractivity contribution in [1.82, 2.24) is 0 Å². The van der Waals surface area contributed by atoms with Gasteiger partial charge in [0.15, 0.2) is 0 Å². The molecule has 0 aliphatic carbocycles. The molecule has 2 aromatic carbocycles. The fourth-order valence-electron chi connectivity index (χ4n) is 3.89. The summed E-state index contributed by atoms with van der Waals surface area (Å²) < 4.78 is 20.0. The lowest BCUT2D eigenvalue weighted by atomic mass is 10.0. The first-order chi connectivity index (χ1) is 15.7. The number of hydrogen-bond donors (Lipinski definition) is 0. The predicted molar refractivity (Wildman–Crippen MR) is 137 cm³/mol. The van der Waals surface area contributed by atoms with Crippen LogP contribution in [0.4, 0.5) is 4.39 Å². The van der Waals surface area contributed by atoms with Crippen LogP contribution in [0.5, 0.6) is 5.75 Å². The highest BCUT2D eigenvalue weighted by atomic mass is 19.1. The van der Waals surface area contributed by atoms with E-state index >= 15 is 0 Å². The van der Waals surface area contributed by atoms with Gasteiger partial charge in [-0.05, 0) is 60.6 Å². The highest BCUT2D eigenvalue weighted by Gasteiger charge is 2.01. The summed E-state index contributed by atoms with van der Waals surface area (Å²) in [6.07, 6.45) is 17.1. The standard InChI is InChI=1S/C30H43FO/c1-3-5-7-9-11-12-14-26-16-18-28(19-17-26)25-32-30-22-20-27(21-23-30)24-29(31)15-13-10-8-6-4-2/h16-24H,3-15,25H2,1-2H3. The van der Waals surface area contributed by atoms with Gasteiger partial charge in [-0.15, -0.1) is 0 Å². The van der Waals surface area contributed by atoms with Crippen molar-refractivity contribution in [2.45, 2.75) is 104 Å². The minimum atomic E-state index is -0.0313. The van der Waals surface area contributed by atoms with E-state index in [9.17, 15) is 4.39 Å². The average Bonchev–Trinajstić information content (AvgIpc) is 2.81. The lowest BCUT2D eigenvalue weighted by Crippen LogP contribution is -1.96. The first-order valence-electron chi connectivity index (χ1n) is 12.9. The van der Waals surface area contributed by atoms with Crippen LogP contribution in [-0.4, -0.2) is 0 Å². The van der Waals surface area contributed by atoms with E-state index in [-0.39, 0.29) is 5.83 Å². The molecule has 0 saturated heterocycles. The van der Waals surface area contributed by atoms with Gasteiger partial charge < -0.3 is 4.74 Å². The Hall–Kier alpha value is -2.09. The molecule has 1 nitrogen and oxygen atoms in total. The van der Waals surface area contributed by atoms with Crippen LogP contribution < -0.4 is 4.74 Å². The summed E-state index contributed by atoms with van der Waals surface area (Å²) in [5.41, 5.74) is 3.48. The van der Waals surface area contributed by atoms with Gasteiger partial charge in [-0.25, -0.2) is 4.39 Å². The molecule has 32 heavy (non-hydrogen) atoms. The van der Waals surface area contributed by atoms with Crippen LogP contribution in [0.25, 0.3) is 6.08 Å². The number of benzene rings is 2. The number of allylic oxidation sites excluding steroid dienone is 1. The second kappa shape index (κ2) is 16.5. The van der Waals surface area contributed by atoms with Gasteiger partial charge in [0.1, 0.15) is 18.2 Å². The molecule has 176 valence electrons. The van der Waals surface area contributed by atoms with Crippen LogP contribution in [0.1, 0.15) is 108 Å². The Morgan fingerprint density at radius 1 is 0.688 bits per heavy atom. The minimum Gasteiger partial charge on any atom is -0.489 e. The normalized spacial score (nSPS) is 11.7. The molecule has 0 N–H and O–H groups in total. The van der Waals surface area contributed by atoms with Crippen molar-refractivity contribution >= 4 is 6.08 Å². The molecule has 0 unspecified atom stereocenters. The molecule has 0 atom stereocenters. The van der Waals surface area contributed by atoms with Crippen molar-refractivity contribution in [2.24, 2.45) is 0 Å². The molecule has 0 spiro atoms. The van der Waals surface area contributed by atoms with Crippen molar-refractivity contribution in [3.05, 3.63) is 71.0 Å². The topological polar surface area (TPSA) is 9.23 Å². The molecular formula is C30H43FO. The zero-order valence-electron chi connectivity index (χ0n) is 20.4. The van der Waals surface area contributed by atoms with E-state index in [2.05, 4.69) is 38.1 Å². The molecule has 0 amide bonds. The zero-order chi connectivity index (χ0) is 22.9. The van der Waals surface area contributed by atoms with Crippen LogP contribution in [0.2, 0.25) is 0 Å². The van der Waals surface area contributed by atoms with Crippen LogP contribution >= 0.6 is 0 Å². The first-order valence-corrected chi connectivity index (χ1v) is 12.9. The van der Waals surface area contributed by atoms with E-state index in [1.807, 2.05) is 24.3 Å². The molecule has 0 heterocycles. The Labute approximate surface area is 196 Å². The fraction of sp³-hybridized carbons (Fsp3) is 0.533. The summed E-state index contributed by atoms with van der Waals surface area (Å²) >= 11 is 0. The average molecular weight is 439 g/mol. The molecule has 2 aromatic rings. The number of hydrogen-bond acceptors (Lipinski definition) is 1. The largest absolute Gasteiger partial charge is 0.489 e. The minimum absolute atomic E-state index is 0.0313. The van der Waals surface area contributed by atoms with Crippen molar-refractivity contribution < 1.29 is 9.13 Å². The van der Waals surface area contributed by atoms with Crippen molar-refractivity contribution in [1.29, 1.82) is 0 Å². The molecule has 0 aliphatic rings. The number of halogens is 1. The molecular weight excluding hydrogens is 395 g/mol. The quantitative estimate of drug-likeness (QED) is 0.223. The van der Waals surface area contributed by atoms with E-state index < -0.39 is 0 Å². The first kappa shape index (κ1) is 26.2. The molecule has 0 bridgehead atoms. The third kappa shape index (κ3) is 11.5. The lowest BCUT2D eigenvalue weighted by molar-refractivity contribution is 0.306. The summed E-state index contributed by atoms with van der Waals surface area (Å²) in [5.74, 6) is 0.787. The molecule has 0 fully saturated rings. The van der Waals surface area contributed by atoms with Gasteiger partial charge in [-0.3, -0.25) is 0 Å². The number of aryl methyl sites for hydroxylation is 1. The number of rotatable bonds is 17. The molecule has 0 aromatic heterocycles. The third-order valence-corrected chi connectivity index (χ3v) is 5.97. The van der Waals surface area contributed by atoms with E-state index in [1.165, 1.54) is 68.9 Å².